The molecule has 0 aromatic heterocycles. The monoisotopic (exact) mass is 361 g/mol. The molecule has 0 aliphatic carbocycles. The Bertz CT molecular complexity index is 686. The molecule has 2 aromatic rings. The van der Waals surface area contributed by atoms with Crippen molar-refractivity contribution in [3.63, 3.8) is 0 Å². The van der Waals surface area contributed by atoms with E-state index in [2.05, 4.69) is 0 Å². The van der Waals surface area contributed by atoms with Crippen LogP contribution in [0, 0.1) is 0 Å². The number of carbonyl (C=O) groups excluding carboxylic acids is 1. The Morgan fingerprint density at radius 3 is 2.56 bits per heavy atom. The van der Waals surface area contributed by atoms with Gasteiger partial charge in [0.15, 0.2) is 6.61 Å². The molecule has 0 bridgehead atoms. The molecule has 0 saturated heterocycles. The summed E-state index contributed by atoms with van der Waals surface area (Å²) < 4.78 is 10.4. The highest BCUT2D eigenvalue weighted by atomic mass is 35.5. The average Bonchev–Trinajstić information content (AvgIpc) is 2.59. The predicted molar refractivity (Wildman–Crippen MR) is 100 cm³/mol. The summed E-state index contributed by atoms with van der Waals surface area (Å²) in [5.74, 6) is 0.387. The van der Waals surface area contributed by atoms with Crippen molar-refractivity contribution < 1.29 is 14.3 Å². The molecule has 0 amide bonds. The zero-order valence-corrected chi connectivity index (χ0v) is 15.3. The Hall–Kier alpha value is -2.04. The molecular formula is C20H24ClNO3. The van der Waals surface area contributed by atoms with Gasteiger partial charge in [0.1, 0.15) is 5.75 Å². The molecule has 0 spiro atoms. The lowest BCUT2D eigenvalue weighted by atomic mass is 9.87. The zero-order chi connectivity index (χ0) is 18.2. The number of nitrogens with two attached hydrogens (primary N) is 1. The Morgan fingerprint density at radius 2 is 1.92 bits per heavy atom. The van der Waals surface area contributed by atoms with E-state index in [4.69, 9.17) is 26.8 Å². The Kier molecular flexibility index (Phi) is 7.29. The standard InChI is InChI=1S/C20H24ClNO3/c1-3-24-20(23)13-25-18-6-4-5-16(12-18)19(14(2)22)11-15-7-9-17(21)10-8-15/h4-10,12,14,19H,3,11,13,22H2,1-2H3. The third-order valence-electron chi connectivity index (χ3n) is 3.95. The number of carbonyl (C=O) groups is 1. The van der Waals surface area contributed by atoms with Crippen molar-refractivity contribution in [3.8, 4) is 5.75 Å². The van der Waals surface area contributed by atoms with E-state index >= 15 is 0 Å². The first kappa shape index (κ1) is 19.3. The van der Waals surface area contributed by atoms with Gasteiger partial charge in [-0.1, -0.05) is 35.9 Å². The highest BCUT2D eigenvalue weighted by Crippen LogP contribution is 2.27. The first-order valence-corrected chi connectivity index (χ1v) is 8.75. The normalized spacial score (nSPS) is 13.1. The molecule has 134 valence electrons. The molecule has 5 heteroatoms. The quantitative estimate of drug-likeness (QED) is 0.723. The van der Waals surface area contributed by atoms with Gasteiger partial charge in [-0.15, -0.1) is 0 Å². The van der Waals surface area contributed by atoms with E-state index < -0.39 is 0 Å². The van der Waals surface area contributed by atoms with Gasteiger partial charge in [0.25, 0.3) is 0 Å². The van der Waals surface area contributed by atoms with Crippen LogP contribution in [-0.2, 0) is 16.0 Å². The van der Waals surface area contributed by atoms with Gasteiger partial charge in [-0.05, 0) is 55.7 Å². The van der Waals surface area contributed by atoms with E-state index in [0.29, 0.717) is 12.4 Å². The molecule has 0 fully saturated rings. The van der Waals surface area contributed by atoms with Crippen LogP contribution in [-0.4, -0.2) is 25.2 Å². The maximum absolute atomic E-state index is 11.4. The first-order chi connectivity index (χ1) is 12.0. The third kappa shape index (κ3) is 6.07. The Morgan fingerprint density at radius 1 is 1.20 bits per heavy atom. The topological polar surface area (TPSA) is 61.5 Å². The molecule has 0 heterocycles. The second-order valence-electron chi connectivity index (χ2n) is 5.96. The predicted octanol–water partition coefficient (Wildman–Crippen LogP) is 3.96. The molecule has 0 radical (unpaired) electrons. The summed E-state index contributed by atoms with van der Waals surface area (Å²) in [6.45, 7) is 4.00. The minimum atomic E-state index is -0.377. The zero-order valence-electron chi connectivity index (χ0n) is 14.6. The second kappa shape index (κ2) is 9.44. The van der Waals surface area contributed by atoms with Crippen LogP contribution in [0.1, 0.15) is 30.9 Å². The van der Waals surface area contributed by atoms with Gasteiger partial charge in [0.05, 0.1) is 6.61 Å². The lowest BCUT2D eigenvalue weighted by Gasteiger charge is -2.22. The van der Waals surface area contributed by atoms with Crippen molar-refractivity contribution in [3.05, 3.63) is 64.7 Å². The van der Waals surface area contributed by atoms with Crippen LogP contribution in [0.5, 0.6) is 5.75 Å². The van der Waals surface area contributed by atoms with Gasteiger partial charge in [0.2, 0.25) is 0 Å². The minimum absolute atomic E-state index is 0.0315. The molecule has 2 aromatic carbocycles. The number of hydrogen-bond acceptors (Lipinski definition) is 4. The second-order valence-corrected chi connectivity index (χ2v) is 6.40. The molecule has 2 N–H and O–H groups in total. The summed E-state index contributed by atoms with van der Waals surface area (Å²) in [5.41, 5.74) is 8.46. The molecule has 0 saturated carbocycles. The number of esters is 1. The fourth-order valence-electron chi connectivity index (χ4n) is 2.66. The SMILES string of the molecule is CCOC(=O)COc1cccc(C(Cc2ccc(Cl)cc2)C(C)N)c1. The molecule has 2 unspecified atom stereocenters. The summed E-state index contributed by atoms with van der Waals surface area (Å²) in [6, 6.07) is 15.5. The van der Waals surface area contributed by atoms with Crippen molar-refractivity contribution in [2.24, 2.45) is 5.73 Å². The Balaban J connectivity index is 2.11. The summed E-state index contributed by atoms with van der Waals surface area (Å²) in [7, 11) is 0. The number of hydrogen-bond donors (Lipinski definition) is 1. The van der Waals surface area contributed by atoms with E-state index in [1.165, 1.54) is 5.56 Å². The van der Waals surface area contributed by atoms with Crippen molar-refractivity contribution >= 4 is 17.6 Å². The maximum atomic E-state index is 11.4. The van der Waals surface area contributed by atoms with Gasteiger partial charge >= 0.3 is 5.97 Å². The van der Waals surface area contributed by atoms with Gasteiger partial charge in [-0.3, -0.25) is 0 Å². The fourth-order valence-corrected chi connectivity index (χ4v) is 2.79. The van der Waals surface area contributed by atoms with Gasteiger partial charge in [-0.25, -0.2) is 4.79 Å². The van der Waals surface area contributed by atoms with Crippen LogP contribution in [0.15, 0.2) is 48.5 Å². The third-order valence-corrected chi connectivity index (χ3v) is 4.20. The maximum Gasteiger partial charge on any atom is 0.344 e. The van der Waals surface area contributed by atoms with Crippen LogP contribution < -0.4 is 10.5 Å². The minimum Gasteiger partial charge on any atom is -0.482 e. The molecule has 0 aliphatic rings. The molecule has 4 nitrogen and oxygen atoms in total. The lowest BCUT2D eigenvalue weighted by Crippen LogP contribution is -2.26. The van der Waals surface area contributed by atoms with Gasteiger partial charge in [0, 0.05) is 17.0 Å². The number of ether oxygens (including phenoxy) is 2. The van der Waals surface area contributed by atoms with E-state index in [9.17, 15) is 4.79 Å². The summed E-state index contributed by atoms with van der Waals surface area (Å²) in [5, 5.41) is 0.718. The smallest absolute Gasteiger partial charge is 0.344 e. The summed E-state index contributed by atoms with van der Waals surface area (Å²) in [6.07, 6.45) is 0.802. The molecule has 0 aliphatic heterocycles. The Labute approximate surface area is 153 Å². The number of halogens is 1. The summed E-state index contributed by atoms with van der Waals surface area (Å²) >= 11 is 5.95. The number of benzene rings is 2. The molecule has 2 rings (SSSR count). The first-order valence-electron chi connectivity index (χ1n) is 8.38. The van der Waals surface area contributed by atoms with E-state index in [0.717, 1.165) is 17.0 Å². The van der Waals surface area contributed by atoms with E-state index in [1.54, 1.807) is 6.92 Å². The highest BCUT2D eigenvalue weighted by Gasteiger charge is 2.18. The summed E-state index contributed by atoms with van der Waals surface area (Å²) in [4.78, 5) is 11.4. The molecular weight excluding hydrogens is 338 g/mol. The van der Waals surface area contributed by atoms with Crippen molar-refractivity contribution in [1.29, 1.82) is 0 Å². The van der Waals surface area contributed by atoms with Crippen LogP contribution in [0.3, 0.4) is 0 Å². The van der Waals surface area contributed by atoms with Crippen molar-refractivity contribution in [1.82, 2.24) is 0 Å². The average molecular weight is 362 g/mol. The van der Waals surface area contributed by atoms with Crippen molar-refractivity contribution in [2.75, 3.05) is 13.2 Å². The van der Waals surface area contributed by atoms with Crippen LogP contribution >= 0.6 is 11.6 Å². The largest absolute Gasteiger partial charge is 0.482 e. The van der Waals surface area contributed by atoms with Crippen LogP contribution in [0.25, 0.3) is 0 Å². The lowest BCUT2D eigenvalue weighted by molar-refractivity contribution is -0.145. The van der Waals surface area contributed by atoms with E-state index in [1.807, 2.05) is 55.5 Å². The van der Waals surface area contributed by atoms with Gasteiger partial charge in [-0.2, -0.15) is 0 Å². The van der Waals surface area contributed by atoms with E-state index in [-0.39, 0.29) is 24.5 Å². The highest BCUT2D eigenvalue weighted by molar-refractivity contribution is 6.30. The van der Waals surface area contributed by atoms with Crippen LogP contribution in [0.4, 0.5) is 0 Å². The number of rotatable bonds is 8. The molecule has 2 atom stereocenters. The van der Waals surface area contributed by atoms with Gasteiger partial charge < -0.3 is 15.2 Å². The van der Waals surface area contributed by atoms with Crippen molar-refractivity contribution in [2.45, 2.75) is 32.2 Å². The fraction of sp³-hybridized carbons (Fsp3) is 0.350. The molecule has 25 heavy (non-hydrogen) atoms. The van der Waals surface area contributed by atoms with Crippen LogP contribution in [0.2, 0.25) is 5.02 Å².